The Bertz CT molecular complexity index is 381. The van der Waals surface area contributed by atoms with Gasteiger partial charge in [-0.2, -0.15) is 0 Å². The maximum atomic E-state index is 11.6. The Labute approximate surface area is 109 Å². The third-order valence-electron chi connectivity index (χ3n) is 2.55. The van der Waals surface area contributed by atoms with E-state index in [4.69, 9.17) is 0 Å². The number of hydrogen-bond acceptors (Lipinski definition) is 4. The van der Waals surface area contributed by atoms with Crippen LogP contribution in [0.25, 0.3) is 0 Å². The summed E-state index contributed by atoms with van der Waals surface area (Å²) in [6, 6.07) is 3.94. The van der Waals surface area contributed by atoms with Crippen LogP contribution in [0.2, 0.25) is 0 Å². The van der Waals surface area contributed by atoms with E-state index in [-0.39, 0.29) is 5.91 Å². The van der Waals surface area contributed by atoms with E-state index in [9.17, 15) is 4.79 Å². The number of rotatable bonds is 7. The number of likely N-dealkylation sites (N-methyl/N-ethyl adjacent to an activating group) is 2. The summed E-state index contributed by atoms with van der Waals surface area (Å²) < 4.78 is 0. The number of anilines is 1. The van der Waals surface area contributed by atoms with Gasteiger partial charge >= 0.3 is 0 Å². The van der Waals surface area contributed by atoms with Gasteiger partial charge in [-0.05, 0) is 19.5 Å². The van der Waals surface area contributed by atoms with Crippen LogP contribution in [0.15, 0.2) is 18.3 Å². The van der Waals surface area contributed by atoms with Crippen molar-refractivity contribution in [3.8, 4) is 0 Å². The molecule has 0 aliphatic rings. The first-order valence-electron chi connectivity index (χ1n) is 6.31. The molecule has 0 unspecified atom stereocenters. The number of nitrogens with zero attached hydrogens (tertiary/aromatic N) is 2. The van der Waals surface area contributed by atoms with Crippen LogP contribution >= 0.6 is 0 Å². The van der Waals surface area contributed by atoms with Gasteiger partial charge in [-0.25, -0.2) is 4.98 Å². The highest BCUT2D eigenvalue weighted by Gasteiger charge is 2.11. The van der Waals surface area contributed by atoms with Crippen LogP contribution < -0.4 is 15.5 Å². The number of pyridine rings is 1. The lowest BCUT2D eigenvalue weighted by molar-refractivity contribution is -0.119. The molecule has 100 valence electrons. The van der Waals surface area contributed by atoms with E-state index in [1.54, 1.807) is 6.20 Å². The fourth-order valence-electron chi connectivity index (χ4n) is 1.71. The van der Waals surface area contributed by atoms with Gasteiger partial charge in [-0.15, -0.1) is 0 Å². The van der Waals surface area contributed by atoms with Crippen LogP contribution in [0.5, 0.6) is 0 Å². The van der Waals surface area contributed by atoms with Crippen molar-refractivity contribution in [3.63, 3.8) is 0 Å². The number of carbonyl (C=O) groups is 1. The standard InChI is InChI=1S/C13H22N4O/c1-4-14-9-11-7-6-8-16-13(11)17(3)10-12(18)15-5-2/h6-8,14H,4-5,9-10H2,1-3H3,(H,15,18). The van der Waals surface area contributed by atoms with Crippen molar-refractivity contribution < 1.29 is 4.79 Å². The van der Waals surface area contributed by atoms with E-state index < -0.39 is 0 Å². The van der Waals surface area contributed by atoms with Crippen molar-refractivity contribution in [3.05, 3.63) is 23.9 Å². The first-order chi connectivity index (χ1) is 8.69. The minimum Gasteiger partial charge on any atom is -0.355 e. The number of hydrogen-bond donors (Lipinski definition) is 2. The highest BCUT2D eigenvalue weighted by atomic mass is 16.2. The van der Waals surface area contributed by atoms with Crippen LogP contribution in [0.1, 0.15) is 19.4 Å². The van der Waals surface area contributed by atoms with Crippen LogP contribution in [0.3, 0.4) is 0 Å². The summed E-state index contributed by atoms with van der Waals surface area (Å²) in [6.07, 6.45) is 1.75. The van der Waals surface area contributed by atoms with E-state index in [0.717, 1.165) is 24.5 Å². The van der Waals surface area contributed by atoms with Crippen molar-refractivity contribution in [2.45, 2.75) is 20.4 Å². The Morgan fingerprint density at radius 1 is 1.39 bits per heavy atom. The molecular formula is C13H22N4O. The zero-order valence-electron chi connectivity index (χ0n) is 11.4. The molecule has 18 heavy (non-hydrogen) atoms. The van der Waals surface area contributed by atoms with Gasteiger partial charge in [0.15, 0.2) is 0 Å². The predicted octanol–water partition coefficient (Wildman–Crippen LogP) is 0.763. The van der Waals surface area contributed by atoms with E-state index in [0.29, 0.717) is 13.1 Å². The predicted molar refractivity (Wildman–Crippen MR) is 73.6 cm³/mol. The maximum absolute atomic E-state index is 11.6. The van der Waals surface area contributed by atoms with Crippen molar-refractivity contribution >= 4 is 11.7 Å². The van der Waals surface area contributed by atoms with Gasteiger partial charge in [0, 0.05) is 31.9 Å². The lowest BCUT2D eigenvalue weighted by Crippen LogP contribution is -2.36. The normalized spacial score (nSPS) is 10.2. The Balaban J connectivity index is 2.71. The van der Waals surface area contributed by atoms with Gasteiger partial charge in [0.2, 0.25) is 5.91 Å². The molecular weight excluding hydrogens is 228 g/mol. The van der Waals surface area contributed by atoms with Crippen LogP contribution in [0, 0.1) is 0 Å². The molecule has 0 atom stereocenters. The van der Waals surface area contributed by atoms with Gasteiger partial charge in [0.1, 0.15) is 5.82 Å². The molecule has 0 radical (unpaired) electrons. The smallest absolute Gasteiger partial charge is 0.239 e. The average molecular weight is 250 g/mol. The average Bonchev–Trinajstić information content (AvgIpc) is 2.36. The molecule has 0 saturated carbocycles. The molecule has 1 aromatic rings. The lowest BCUT2D eigenvalue weighted by atomic mass is 10.2. The summed E-state index contributed by atoms with van der Waals surface area (Å²) in [5, 5.41) is 6.06. The third kappa shape index (κ3) is 4.33. The van der Waals surface area contributed by atoms with Crippen molar-refractivity contribution in [2.75, 3.05) is 31.6 Å². The lowest BCUT2D eigenvalue weighted by Gasteiger charge is -2.20. The number of nitrogens with one attached hydrogen (secondary N) is 2. The summed E-state index contributed by atoms with van der Waals surface area (Å²) in [7, 11) is 1.88. The molecule has 5 nitrogen and oxygen atoms in total. The zero-order valence-corrected chi connectivity index (χ0v) is 11.4. The summed E-state index contributed by atoms with van der Waals surface area (Å²) in [5.41, 5.74) is 1.10. The van der Waals surface area contributed by atoms with Crippen LogP contribution in [-0.2, 0) is 11.3 Å². The topological polar surface area (TPSA) is 57.3 Å². The largest absolute Gasteiger partial charge is 0.355 e. The van der Waals surface area contributed by atoms with Gasteiger partial charge in [-0.3, -0.25) is 4.79 Å². The SMILES string of the molecule is CCNCc1cccnc1N(C)CC(=O)NCC. The van der Waals surface area contributed by atoms with Gasteiger partial charge in [-0.1, -0.05) is 13.0 Å². The van der Waals surface area contributed by atoms with Gasteiger partial charge in [0.05, 0.1) is 6.54 Å². The Hall–Kier alpha value is -1.62. The first-order valence-corrected chi connectivity index (χ1v) is 6.31. The van der Waals surface area contributed by atoms with Gasteiger partial charge in [0.25, 0.3) is 0 Å². The van der Waals surface area contributed by atoms with Crippen LogP contribution in [-0.4, -0.2) is 37.6 Å². The fraction of sp³-hybridized carbons (Fsp3) is 0.538. The summed E-state index contributed by atoms with van der Waals surface area (Å²) in [6.45, 7) is 6.63. The number of aromatic nitrogens is 1. The van der Waals surface area contributed by atoms with Gasteiger partial charge < -0.3 is 15.5 Å². The monoisotopic (exact) mass is 250 g/mol. The molecule has 1 aromatic heterocycles. The molecule has 0 spiro atoms. The quantitative estimate of drug-likeness (QED) is 0.750. The molecule has 0 aliphatic carbocycles. The summed E-state index contributed by atoms with van der Waals surface area (Å²) >= 11 is 0. The molecule has 5 heteroatoms. The first kappa shape index (κ1) is 14.4. The van der Waals surface area contributed by atoms with Crippen molar-refractivity contribution in [1.82, 2.24) is 15.6 Å². The molecule has 0 fully saturated rings. The Kier molecular flexibility index (Phi) is 6.14. The fourth-order valence-corrected chi connectivity index (χ4v) is 1.71. The summed E-state index contributed by atoms with van der Waals surface area (Å²) in [5.74, 6) is 0.866. The molecule has 2 N–H and O–H groups in total. The molecule has 1 amide bonds. The maximum Gasteiger partial charge on any atom is 0.239 e. The van der Waals surface area contributed by atoms with E-state index in [1.807, 2.05) is 31.0 Å². The van der Waals surface area contributed by atoms with E-state index >= 15 is 0 Å². The summed E-state index contributed by atoms with van der Waals surface area (Å²) in [4.78, 5) is 17.8. The minimum absolute atomic E-state index is 0.0139. The van der Waals surface area contributed by atoms with E-state index in [2.05, 4.69) is 22.5 Å². The Morgan fingerprint density at radius 3 is 2.83 bits per heavy atom. The number of amides is 1. The molecule has 0 aliphatic heterocycles. The number of carbonyl (C=O) groups excluding carboxylic acids is 1. The second kappa shape index (κ2) is 7.66. The molecule has 1 rings (SSSR count). The minimum atomic E-state index is 0.0139. The van der Waals surface area contributed by atoms with Crippen LogP contribution in [0.4, 0.5) is 5.82 Å². The highest BCUT2D eigenvalue weighted by molar-refractivity contribution is 5.81. The van der Waals surface area contributed by atoms with Crippen molar-refractivity contribution in [1.29, 1.82) is 0 Å². The molecule has 0 bridgehead atoms. The van der Waals surface area contributed by atoms with E-state index in [1.165, 1.54) is 0 Å². The second-order valence-corrected chi connectivity index (χ2v) is 4.08. The Morgan fingerprint density at radius 2 is 2.17 bits per heavy atom. The molecule has 0 aromatic carbocycles. The highest BCUT2D eigenvalue weighted by Crippen LogP contribution is 2.15. The molecule has 1 heterocycles. The third-order valence-corrected chi connectivity index (χ3v) is 2.55. The molecule has 0 saturated heterocycles. The van der Waals surface area contributed by atoms with Crippen molar-refractivity contribution in [2.24, 2.45) is 0 Å². The second-order valence-electron chi connectivity index (χ2n) is 4.08. The zero-order chi connectivity index (χ0) is 13.4.